The van der Waals surface area contributed by atoms with Crippen LogP contribution >= 0.6 is 34.8 Å². The van der Waals surface area contributed by atoms with Crippen molar-refractivity contribution in [2.45, 2.75) is 40.9 Å². The molecule has 2 unspecified atom stereocenters. The highest BCUT2D eigenvalue weighted by atomic mass is 35.6. The van der Waals surface area contributed by atoms with E-state index in [4.69, 9.17) is 39.9 Å². The minimum atomic E-state index is -1.44. The lowest BCUT2D eigenvalue weighted by Crippen LogP contribution is -2.50. The number of rotatable bonds is 5. The van der Waals surface area contributed by atoms with Crippen LogP contribution in [0.25, 0.3) is 0 Å². The fourth-order valence-electron chi connectivity index (χ4n) is 3.34. The first-order chi connectivity index (χ1) is 11.3. The van der Waals surface area contributed by atoms with Gasteiger partial charge < -0.3 is 5.11 Å². The molecule has 1 N–H and O–H groups in total. The lowest BCUT2D eigenvalue weighted by atomic mass is 9.71. The summed E-state index contributed by atoms with van der Waals surface area (Å²) in [6.45, 7) is 0.984. The van der Waals surface area contributed by atoms with Crippen molar-refractivity contribution in [1.82, 2.24) is 4.90 Å². The Hall–Kier alpha value is -0.990. The number of benzene rings is 1. The summed E-state index contributed by atoms with van der Waals surface area (Å²) >= 11 is 17.9. The van der Waals surface area contributed by atoms with Crippen LogP contribution in [0.3, 0.4) is 0 Å². The van der Waals surface area contributed by atoms with Gasteiger partial charge in [0.15, 0.2) is 3.79 Å². The molecule has 130 valence electrons. The first kappa shape index (κ1) is 19.3. The topological polar surface area (TPSA) is 64.3 Å². The molecule has 0 radical (unpaired) electrons. The van der Waals surface area contributed by atoms with E-state index in [9.17, 15) is 10.1 Å². The number of hydrogen-bond donors (Lipinski definition) is 1. The predicted molar refractivity (Wildman–Crippen MR) is 95.5 cm³/mol. The number of likely N-dealkylation sites (tertiary alicyclic amines) is 1. The molecule has 2 rings (SSSR count). The molecule has 24 heavy (non-hydrogen) atoms. The van der Waals surface area contributed by atoms with Gasteiger partial charge >= 0.3 is 5.97 Å². The molecular weight excluding hydrogens is 371 g/mol. The normalized spacial score (nSPS) is 25.2. The highest BCUT2D eigenvalue weighted by Crippen LogP contribution is 2.42. The molecule has 4 nitrogen and oxygen atoms in total. The zero-order valence-corrected chi connectivity index (χ0v) is 15.4. The Morgan fingerprint density at radius 2 is 2.04 bits per heavy atom. The van der Waals surface area contributed by atoms with E-state index in [1.54, 1.807) is 0 Å². The van der Waals surface area contributed by atoms with Crippen LogP contribution in [0.5, 0.6) is 0 Å². The standard InChI is InChI=1S/C17H19Cl3N2O2/c18-17(19,20)11-14-10-16(12-21,13-4-2-1-3-5-13)7-9-22(14)8-6-15(23)24/h1-5,14H,6-11H2,(H,23,24). The third-order valence-electron chi connectivity index (χ3n) is 4.55. The first-order valence-electron chi connectivity index (χ1n) is 7.75. The third-order valence-corrected chi connectivity index (χ3v) is 5.01. The van der Waals surface area contributed by atoms with Gasteiger partial charge in [-0.15, -0.1) is 0 Å². The zero-order chi connectivity index (χ0) is 17.8. The summed E-state index contributed by atoms with van der Waals surface area (Å²) < 4.78 is -1.44. The Morgan fingerprint density at radius 3 is 2.58 bits per heavy atom. The van der Waals surface area contributed by atoms with Gasteiger partial charge in [-0.2, -0.15) is 5.26 Å². The van der Waals surface area contributed by atoms with Crippen LogP contribution in [0.1, 0.15) is 31.2 Å². The van der Waals surface area contributed by atoms with Gasteiger partial charge in [-0.25, -0.2) is 0 Å². The van der Waals surface area contributed by atoms with E-state index in [1.165, 1.54) is 0 Å². The van der Waals surface area contributed by atoms with E-state index in [2.05, 4.69) is 6.07 Å². The number of carbonyl (C=O) groups is 1. The average molecular weight is 390 g/mol. The minimum absolute atomic E-state index is 0.0290. The Bertz CT molecular complexity index is 613. The van der Waals surface area contributed by atoms with Crippen molar-refractivity contribution in [3.63, 3.8) is 0 Å². The molecule has 0 spiro atoms. The van der Waals surface area contributed by atoms with E-state index in [1.807, 2.05) is 35.2 Å². The number of aliphatic carboxylic acids is 1. The molecule has 1 aromatic rings. The van der Waals surface area contributed by atoms with Gasteiger partial charge in [-0.1, -0.05) is 65.1 Å². The predicted octanol–water partition coefficient (Wildman–Crippen LogP) is 4.15. The average Bonchev–Trinajstić information content (AvgIpc) is 2.53. The lowest BCUT2D eigenvalue weighted by molar-refractivity contribution is -0.137. The fraction of sp³-hybridized carbons (Fsp3) is 0.529. The van der Waals surface area contributed by atoms with Crippen LogP contribution in [0.15, 0.2) is 30.3 Å². The number of carboxylic acid groups (broad SMARTS) is 1. The van der Waals surface area contributed by atoms with E-state index in [-0.39, 0.29) is 18.9 Å². The minimum Gasteiger partial charge on any atom is -0.481 e. The number of halogens is 3. The summed E-state index contributed by atoms with van der Waals surface area (Å²) in [4.78, 5) is 12.9. The summed E-state index contributed by atoms with van der Waals surface area (Å²) in [7, 11) is 0. The Labute approximate surface area is 156 Å². The van der Waals surface area contributed by atoms with Crippen LogP contribution < -0.4 is 0 Å². The van der Waals surface area contributed by atoms with Crippen molar-refractivity contribution < 1.29 is 9.90 Å². The van der Waals surface area contributed by atoms with Gasteiger partial charge in [0.25, 0.3) is 0 Å². The van der Waals surface area contributed by atoms with E-state index in [0.29, 0.717) is 25.9 Å². The molecule has 0 amide bonds. The fourth-order valence-corrected chi connectivity index (χ4v) is 3.87. The highest BCUT2D eigenvalue weighted by molar-refractivity contribution is 6.67. The number of nitrogens with zero attached hydrogens (tertiary/aromatic N) is 2. The smallest absolute Gasteiger partial charge is 0.304 e. The largest absolute Gasteiger partial charge is 0.481 e. The molecule has 0 aliphatic carbocycles. The van der Waals surface area contributed by atoms with Crippen molar-refractivity contribution in [2.75, 3.05) is 13.1 Å². The number of hydrogen-bond acceptors (Lipinski definition) is 3. The Kier molecular flexibility index (Phi) is 6.39. The molecule has 1 aliphatic heterocycles. The quantitative estimate of drug-likeness (QED) is 0.768. The molecule has 1 fully saturated rings. The summed E-state index contributed by atoms with van der Waals surface area (Å²) in [5.41, 5.74) is 0.321. The summed E-state index contributed by atoms with van der Waals surface area (Å²) in [6.07, 6.45) is 1.43. The van der Waals surface area contributed by atoms with Crippen LogP contribution in [-0.2, 0) is 10.2 Å². The molecule has 1 aromatic carbocycles. The second kappa shape index (κ2) is 7.93. The van der Waals surface area contributed by atoms with E-state index >= 15 is 0 Å². The Morgan fingerprint density at radius 1 is 1.38 bits per heavy atom. The number of piperidine rings is 1. The van der Waals surface area contributed by atoms with Crippen LogP contribution in [0, 0.1) is 11.3 Å². The van der Waals surface area contributed by atoms with Gasteiger partial charge in [0.1, 0.15) is 0 Å². The maximum atomic E-state index is 10.9. The molecule has 2 atom stereocenters. The molecule has 0 saturated carbocycles. The van der Waals surface area contributed by atoms with E-state index in [0.717, 1.165) is 5.56 Å². The summed E-state index contributed by atoms with van der Waals surface area (Å²) in [5, 5.41) is 18.8. The van der Waals surface area contributed by atoms with Gasteiger partial charge in [0.2, 0.25) is 0 Å². The lowest BCUT2D eigenvalue weighted by Gasteiger charge is -2.44. The van der Waals surface area contributed by atoms with Crippen molar-refractivity contribution in [3.05, 3.63) is 35.9 Å². The molecule has 1 heterocycles. The highest BCUT2D eigenvalue weighted by Gasteiger charge is 2.43. The summed E-state index contributed by atoms with van der Waals surface area (Å²) in [5.74, 6) is -0.859. The van der Waals surface area contributed by atoms with Crippen LogP contribution in [-0.4, -0.2) is 38.9 Å². The van der Waals surface area contributed by atoms with Crippen molar-refractivity contribution in [3.8, 4) is 6.07 Å². The molecule has 1 saturated heterocycles. The molecule has 7 heteroatoms. The van der Waals surface area contributed by atoms with E-state index < -0.39 is 15.2 Å². The molecular formula is C17H19Cl3N2O2. The maximum Gasteiger partial charge on any atom is 0.304 e. The van der Waals surface area contributed by atoms with Crippen molar-refractivity contribution >= 4 is 40.8 Å². The third kappa shape index (κ3) is 5.00. The number of nitriles is 1. The first-order valence-corrected chi connectivity index (χ1v) is 8.88. The Balaban J connectivity index is 2.24. The number of alkyl halides is 3. The van der Waals surface area contributed by atoms with Gasteiger partial charge in [0.05, 0.1) is 17.9 Å². The maximum absolute atomic E-state index is 10.9. The second-order valence-corrected chi connectivity index (χ2v) is 8.68. The second-order valence-electron chi connectivity index (χ2n) is 6.17. The summed E-state index contributed by atoms with van der Waals surface area (Å²) in [6, 6.07) is 11.9. The van der Waals surface area contributed by atoms with Crippen LogP contribution in [0.2, 0.25) is 0 Å². The van der Waals surface area contributed by atoms with Gasteiger partial charge in [-0.05, 0) is 18.4 Å². The monoisotopic (exact) mass is 388 g/mol. The van der Waals surface area contributed by atoms with Crippen LogP contribution in [0.4, 0.5) is 0 Å². The molecule has 0 aromatic heterocycles. The molecule has 1 aliphatic rings. The SMILES string of the molecule is N#CC1(c2ccccc2)CCN(CCC(=O)O)C(CC(Cl)(Cl)Cl)C1. The molecule has 0 bridgehead atoms. The van der Waals surface area contributed by atoms with Gasteiger partial charge in [-0.3, -0.25) is 9.69 Å². The van der Waals surface area contributed by atoms with Crippen molar-refractivity contribution in [1.29, 1.82) is 5.26 Å². The zero-order valence-electron chi connectivity index (χ0n) is 13.1. The van der Waals surface area contributed by atoms with Gasteiger partial charge in [0, 0.05) is 25.6 Å². The van der Waals surface area contributed by atoms with Crippen molar-refractivity contribution in [2.24, 2.45) is 0 Å². The number of carboxylic acids is 1.